The molecule has 0 spiro atoms. The first-order valence-corrected chi connectivity index (χ1v) is 4.65. The van der Waals surface area contributed by atoms with Crippen molar-refractivity contribution in [2.24, 2.45) is 0 Å². The van der Waals surface area contributed by atoms with Gasteiger partial charge in [-0.1, -0.05) is 46.4 Å². The molecule has 0 N–H and O–H groups in total. The Kier molecular flexibility index (Phi) is 2.71. The van der Waals surface area contributed by atoms with Crippen LogP contribution in [-0.4, -0.2) is 26.4 Å². The van der Waals surface area contributed by atoms with Crippen LogP contribution >= 0.6 is 46.4 Å². The van der Waals surface area contributed by atoms with E-state index in [0.717, 1.165) is 0 Å². The predicted molar refractivity (Wildman–Crippen MR) is 43.7 cm³/mol. The first-order valence-electron chi connectivity index (χ1n) is 3.14. The molecule has 0 nitrogen and oxygen atoms in total. The molecule has 1 aliphatic rings. The van der Waals surface area contributed by atoms with Crippen molar-refractivity contribution in [1.82, 2.24) is 0 Å². The van der Waals surface area contributed by atoms with Crippen molar-refractivity contribution in [2.45, 2.75) is 26.4 Å². The normalized spacial score (nSPS) is 59.6. The summed E-state index contributed by atoms with van der Waals surface area (Å²) in [5.74, 6) is -5.46. The quantitative estimate of drug-likeness (QED) is 0.463. The predicted octanol–water partition coefficient (Wildman–Crippen LogP) is 4.25. The molecule has 0 aromatic carbocycles. The summed E-state index contributed by atoms with van der Waals surface area (Å²) in [5, 5.41) is -19.3. The van der Waals surface area contributed by atoms with Gasteiger partial charge in [0.05, 0.1) is 0 Å². The zero-order valence-corrected chi connectivity index (χ0v) is 9.30. The van der Waals surface area contributed by atoms with Gasteiger partial charge in [0.25, 0.3) is 10.3 Å². The van der Waals surface area contributed by atoms with Crippen molar-refractivity contribution in [1.29, 1.82) is 0 Å². The molecule has 0 heterocycles. The van der Waals surface area contributed by atoms with Gasteiger partial charge in [0.15, 0.2) is 0 Å². The monoisotopic (exact) mass is 314 g/mol. The van der Waals surface area contributed by atoms with Crippen LogP contribution in [0.5, 0.6) is 0 Å². The molecule has 0 saturated heterocycles. The largest absolute Gasteiger partial charge is 0.351 e. The van der Waals surface area contributed by atoms with Gasteiger partial charge in [-0.2, -0.15) is 8.78 Å². The first kappa shape index (κ1) is 13.8. The Labute approximate surface area is 99.4 Å². The van der Waals surface area contributed by atoms with Gasteiger partial charge in [0.1, 0.15) is 0 Å². The van der Waals surface area contributed by atoms with Crippen LogP contribution in [0.25, 0.3) is 0 Å². The lowest BCUT2D eigenvalue weighted by Crippen LogP contribution is -2.49. The Morgan fingerprint density at radius 3 is 0.733 bits per heavy atom. The van der Waals surface area contributed by atoms with Crippen LogP contribution in [0.2, 0.25) is 0 Å². The summed E-state index contributed by atoms with van der Waals surface area (Å²) < 4.78 is 77.9. The SMILES string of the molecule is FC1(F)[C@](F)(Cl)[C@](F)(Cl)[C@](F)(Cl)[C@]1(F)Cl. The lowest BCUT2D eigenvalue weighted by Gasteiger charge is -2.27. The van der Waals surface area contributed by atoms with E-state index in [1.54, 1.807) is 0 Å². The molecule has 0 aromatic rings. The van der Waals surface area contributed by atoms with Crippen LogP contribution in [-0.2, 0) is 0 Å². The second kappa shape index (κ2) is 2.94. The summed E-state index contributed by atoms with van der Waals surface area (Å²) in [5.41, 5.74) is 0. The number of hydrogen-bond donors (Lipinski definition) is 0. The molecule has 1 aliphatic carbocycles. The molecule has 0 amide bonds. The van der Waals surface area contributed by atoms with Gasteiger partial charge < -0.3 is 0 Å². The fourth-order valence-corrected chi connectivity index (χ4v) is 2.15. The summed E-state index contributed by atoms with van der Waals surface area (Å²) in [6.07, 6.45) is 0. The minimum absolute atomic E-state index is 4.35. The highest BCUT2D eigenvalue weighted by molar-refractivity contribution is 6.45. The Morgan fingerprint density at radius 2 is 0.667 bits per heavy atom. The number of halogens is 10. The molecule has 0 unspecified atom stereocenters. The average molecular weight is 316 g/mol. The van der Waals surface area contributed by atoms with E-state index in [4.69, 9.17) is 0 Å². The van der Waals surface area contributed by atoms with Crippen LogP contribution in [0.15, 0.2) is 0 Å². The summed E-state index contributed by atoms with van der Waals surface area (Å²) in [7, 11) is 0. The standard InChI is InChI=1S/C5Cl4F6/c6-1(10)2(7,11)4(9,13)5(14,15)3(1,8)12/t1-,2+,3-,4+. The first-order chi connectivity index (χ1) is 6.25. The maximum Gasteiger partial charge on any atom is 0.351 e. The Morgan fingerprint density at radius 1 is 0.467 bits per heavy atom. The van der Waals surface area contributed by atoms with Crippen molar-refractivity contribution in [3.8, 4) is 0 Å². The fourth-order valence-electron chi connectivity index (χ4n) is 0.986. The molecule has 0 bridgehead atoms. The van der Waals surface area contributed by atoms with Crippen molar-refractivity contribution >= 4 is 46.4 Å². The van der Waals surface area contributed by atoms with E-state index in [1.807, 2.05) is 0 Å². The van der Waals surface area contributed by atoms with Gasteiger partial charge in [-0.3, -0.25) is 0 Å². The van der Waals surface area contributed by atoms with Gasteiger partial charge in [0, 0.05) is 0 Å². The Bertz CT molecular complexity index is 208. The average Bonchev–Trinajstić information content (AvgIpc) is 2.04. The molecular formula is C5Cl4F6. The van der Waals surface area contributed by atoms with Gasteiger partial charge in [-0.05, 0) is 0 Å². The van der Waals surface area contributed by atoms with Crippen molar-refractivity contribution in [2.75, 3.05) is 0 Å². The highest BCUT2D eigenvalue weighted by Crippen LogP contribution is 2.72. The highest BCUT2D eigenvalue weighted by Gasteiger charge is 2.96. The number of hydrogen-bond acceptors (Lipinski definition) is 0. The van der Waals surface area contributed by atoms with Crippen molar-refractivity contribution < 1.29 is 26.3 Å². The molecule has 0 radical (unpaired) electrons. The summed E-state index contributed by atoms with van der Waals surface area (Å²) in [4.78, 5) is 0. The van der Waals surface area contributed by atoms with Crippen LogP contribution in [0.4, 0.5) is 26.3 Å². The van der Waals surface area contributed by atoms with Crippen LogP contribution in [0.1, 0.15) is 0 Å². The third kappa shape index (κ3) is 1.14. The second-order valence-electron chi connectivity index (χ2n) is 2.87. The third-order valence-corrected chi connectivity index (χ3v) is 4.30. The zero-order valence-electron chi connectivity index (χ0n) is 6.28. The summed E-state index contributed by atoms with van der Waals surface area (Å²) >= 11 is 17.6. The number of rotatable bonds is 0. The van der Waals surface area contributed by atoms with Gasteiger partial charge in [0.2, 0.25) is 0 Å². The van der Waals surface area contributed by atoms with E-state index in [-0.39, 0.29) is 0 Å². The van der Waals surface area contributed by atoms with Crippen LogP contribution in [0, 0.1) is 0 Å². The minimum atomic E-state index is -5.46. The van der Waals surface area contributed by atoms with E-state index in [9.17, 15) is 26.3 Å². The van der Waals surface area contributed by atoms with E-state index in [1.165, 1.54) is 0 Å². The van der Waals surface area contributed by atoms with E-state index in [0.29, 0.717) is 0 Å². The minimum Gasteiger partial charge on any atom is -0.216 e. The second-order valence-corrected chi connectivity index (χ2v) is 4.96. The van der Waals surface area contributed by atoms with E-state index >= 15 is 0 Å². The van der Waals surface area contributed by atoms with Crippen molar-refractivity contribution in [3.05, 3.63) is 0 Å². The van der Waals surface area contributed by atoms with Gasteiger partial charge in [-0.15, -0.1) is 0 Å². The molecule has 90 valence electrons. The van der Waals surface area contributed by atoms with E-state index < -0.39 is 26.4 Å². The molecule has 0 aliphatic heterocycles. The lowest BCUT2D eigenvalue weighted by atomic mass is 10.2. The maximum absolute atomic E-state index is 13.1. The van der Waals surface area contributed by atoms with Crippen LogP contribution in [0.3, 0.4) is 0 Å². The molecule has 1 saturated carbocycles. The summed E-state index contributed by atoms with van der Waals surface area (Å²) in [6.45, 7) is 0. The molecule has 15 heavy (non-hydrogen) atoms. The Balaban J connectivity index is 3.55. The lowest BCUT2D eigenvalue weighted by molar-refractivity contribution is -0.143. The topological polar surface area (TPSA) is 0 Å². The Hall–Kier alpha value is 0.740. The summed E-state index contributed by atoms with van der Waals surface area (Å²) in [6, 6.07) is 0. The third-order valence-electron chi connectivity index (χ3n) is 1.97. The highest BCUT2D eigenvalue weighted by atomic mass is 35.5. The maximum atomic E-state index is 13.1. The van der Waals surface area contributed by atoms with Crippen LogP contribution < -0.4 is 0 Å². The van der Waals surface area contributed by atoms with Gasteiger partial charge in [-0.25, -0.2) is 17.6 Å². The molecule has 0 aromatic heterocycles. The smallest absolute Gasteiger partial charge is 0.216 e. The zero-order chi connectivity index (χ0) is 12.5. The van der Waals surface area contributed by atoms with Gasteiger partial charge >= 0.3 is 16.2 Å². The molecule has 1 rings (SSSR count). The molecule has 10 heteroatoms. The number of alkyl halides is 10. The molecular weight excluding hydrogens is 316 g/mol. The van der Waals surface area contributed by atoms with E-state index in [2.05, 4.69) is 46.4 Å². The molecule has 1 fully saturated rings. The van der Waals surface area contributed by atoms with Crippen molar-refractivity contribution in [3.63, 3.8) is 0 Å². The molecule has 4 atom stereocenters. The fraction of sp³-hybridized carbons (Fsp3) is 1.00.